The Labute approximate surface area is 114 Å². The van der Waals surface area contributed by atoms with E-state index in [4.69, 9.17) is 4.52 Å². The van der Waals surface area contributed by atoms with Crippen molar-refractivity contribution in [3.05, 3.63) is 11.7 Å². The quantitative estimate of drug-likeness (QED) is 0.905. The summed E-state index contributed by atoms with van der Waals surface area (Å²) in [4.78, 5) is 4.63. The molecule has 104 valence electrons. The fraction of sp³-hybridized carbons (Fsp3) is 0.867. The van der Waals surface area contributed by atoms with Crippen molar-refractivity contribution in [2.45, 2.75) is 69.9 Å². The number of hydrogen-bond donors (Lipinski definition) is 1. The third-order valence-electron chi connectivity index (χ3n) is 5.45. The first-order chi connectivity index (χ1) is 9.38. The van der Waals surface area contributed by atoms with Crippen molar-refractivity contribution in [3.63, 3.8) is 0 Å². The van der Waals surface area contributed by atoms with E-state index in [1.165, 1.54) is 51.4 Å². The molecule has 1 aromatic heterocycles. The lowest BCUT2D eigenvalue weighted by Crippen LogP contribution is -2.25. The first-order valence-electron chi connectivity index (χ1n) is 7.94. The molecular formula is C15H23N3O. The van der Waals surface area contributed by atoms with Gasteiger partial charge < -0.3 is 9.84 Å². The van der Waals surface area contributed by atoms with Crippen LogP contribution in [-0.2, 0) is 6.54 Å². The number of aromatic nitrogens is 2. The summed E-state index contributed by atoms with van der Waals surface area (Å²) in [5, 5.41) is 7.78. The molecule has 3 aliphatic rings. The summed E-state index contributed by atoms with van der Waals surface area (Å²) in [6.45, 7) is 0.748. The molecule has 3 unspecified atom stereocenters. The summed E-state index contributed by atoms with van der Waals surface area (Å²) in [7, 11) is 0. The third kappa shape index (κ3) is 2.31. The van der Waals surface area contributed by atoms with Gasteiger partial charge in [-0.15, -0.1) is 0 Å². The van der Waals surface area contributed by atoms with Crippen molar-refractivity contribution in [2.24, 2.45) is 11.8 Å². The van der Waals surface area contributed by atoms with Crippen molar-refractivity contribution < 1.29 is 4.52 Å². The van der Waals surface area contributed by atoms with E-state index < -0.39 is 0 Å². The maximum absolute atomic E-state index is 5.42. The minimum Gasteiger partial charge on any atom is -0.338 e. The Morgan fingerprint density at radius 3 is 2.74 bits per heavy atom. The Bertz CT molecular complexity index is 438. The van der Waals surface area contributed by atoms with Crippen LogP contribution in [0.5, 0.6) is 0 Å². The van der Waals surface area contributed by atoms with Crippen molar-refractivity contribution >= 4 is 0 Å². The SMILES string of the molecule is C1CCC(NCc2nc(C3CC4CCC3C4)no2)C1. The van der Waals surface area contributed by atoms with Gasteiger partial charge in [-0.25, -0.2) is 0 Å². The zero-order valence-electron chi connectivity index (χ0n) is 11.5. The summed E-state index contributed by atoms with van der Waals surface area (Å²) < 4.78 is 5.42. The maximum Gasteiger partial charge on any atom is 0.240 e. The average Bonchev–Trinajstić information content (AvgIpc) is 3.19. The third-order valence-corrected chi connectivity index (χ3v) is 5.45. The summed E-state index contributed by atoms with van der Waals surface area (Å²) in [6.07, 6.45) is 10.8. The Hall–Kier alpha value is -0.900. The molecule has 1 N–H and O–H groups in total. The highest BCUT2D eigenvalue weighted by molar-refractivity contribution is 5.06. The normalized spacial score (nSPS) is 34.4. The van der Waals surface area contributed by atoms with E-state index in [0.29, 0.717) is 12.0 Å². The van der Waals surface area contributed by atoms with Gasteiger partial charge in [-0.1, -0.05) is 24.4 Å². The standard InChI is InChI=1S/C15H23N3O/c1-2-4-12(3-1)16-9-14-17-15(18-19-14)13-8-10-5-6-11(13)7-10/h10-13,16H,1-9H2. The summed E-state index contributed by atoms with van der Waals surface area (Å²) >= 11 is 0. The second-order valence-electron chi connectivity index (χ2n) is 6.69. The van der Waals surface area contributed by atoms with E-state index in [1.54, 1.807) is 0 Å². The van der Waals surface area contributed by atoms with Crippen molar-refractivity contribution in [1.82, 2.24) is 15.5 Å². The number of hydrogen-bond acceptors (Lipinski definition) is 4. The molecule has 3 aliphatic carbocycles. The van der Waals surface area contributed by atoms with Crippen LogP contribution in [0.2, 0.25) is 0 Å². The minimum atomic E-state index is 0.586. The van der Waals surface area contributed by atoms with Crippen molar-refractivity contribution in [3.8, 4) is 0 Å². The molecule has 19 heavy (non-hydrogen) atoms. The van der Waals surface area contributed by atoms with Crippen LogP contribution < -0.4 is 5.32 Å². The Balaban J connectivity index is 1.36. The lowest BCUT2D eigenvalue weighted by molar-refractivity contribution is 0.340. The van der Waals surface area contributed by atoms with Crippen LogP contribution in [0.15, 0.2) is 4.52 Å². The van der Waals surface area contributed by atoms with E-state index in [0.717, 1.165) is 30.1 Å². The zero-order valence-corrected chi connectivity index (χ0v) is 11.5. The van der Waals surface area contributed by atoms with Gasteiger partial charge in [0.25, 0.3) is 0 Å². The summed E-state index contributed by atoms with van der Waals surface area (Å²) in [5.41, 5.74) is 0. The van der Waals surface area contributed by atoms with Crippen LogP contribution in [0.25, 0.3) is 0 Å². The van der Waals surface area contributed by atoms with Gasteiger partial charge in [0, 0.05) is 12.0 Å². The summed E-state index contributed by atoms with van der Waals surface area (Å²) in [6, 6.07) is 0.665. The second kappa shape index (κ2) is 4.89. The largest absolute Gasteiger partial charge is 0.338 e. The van der Waals surface area contributed by atoms with Crippen LogP contribution in [0.4, 0.5) is 0 Å². The molecule has 0 saturated heterocycles. The zero-order chi connectivity index (χ0) is 12.7. The molecule has 0 spiro atoms. The van der Waals surface area contributed by atoms with Crippen LogP contribution in [0, 0.1) is 11.8 Å². The van der Waals surface area contributed by atoms with E-state index in [1.807, 2.05) is 0 Å². The second-order valence-corrected chi connectivity index (χ2v) is 6.69. The van der Waals surface area contributed by atoms with E-state index in [-0.39, 0.29) is 0 Å². The van der Waals surface area contributed by atoms with Gasteiger partial charge in [0.2, 0.25) is 5.89 Å². The van der Waals surface area contributed by atoms with Crippen LogP contribution in [0.3, 0.4) is 0 Å². The molecule has 4 nitrogen and oxygen atoms in total. The van der Waals surface area contributed by atoms with Gasteiger partial charge in [-0.3, -0.25) is 0 Å². The molecule has 4 rings (SSSR count). The highest BCUT2D eigenvalue weighted by atomic mass is 16.5. The van der Waals surface area contributed by atoms with Gasteiger partial charge in [0.1, 0.15) is 0 Å². The minimum absolute atomic E-state index is 0.586. The molecule has 0 amide bonds. The molecule has 2 bridgehead atoms. The lowest BCUT2D eigenvalue weighted by Gasteiger charge is -2.17. The predicted octanol–water partition coefficient (Wildman–Crippen LogP) is 3.01. The topological polar surface area (TPSA) is 51.0 Å². The fourth-order valence-corrected chi connectivity index (χ4v) is 4.41. The molecule has 1 heterocycles. The van der Waals surface area contributed by atoms with Gasteiger partial charge >= 0.3 is 0 Å². The van der Waals surface area contributed by atoms with Crippen LogP contribution >= 0.6 is 0 Å². The number of nitrogens with one attached hydrogen (secondary N) is 1. The van der Waals surface area contributed by atoms with E-state index in [9.17, 15) is 0 Å². The summed E-state index contributed by atoms with van der Waals surface area (Å²) in [5.74, 6) is 4.12. The molecule has 0 aromatic carbocycles. The molecule has 0 radical (unpaired) electrons. The Morgan fingerprint density at radius 2 is 2.00 bits per heavy atom. The first-order valence-corrected chi connectivity index (χ1v) is 7.94. The van der Waals surface area contributed by atoms with Gasteiger partial charge in [-0.05, 0) is 43.9 Å². The molecular weight excluding hydrogens is 238 g/mol. The predicted molar refractivity (Wildman–Crippen MR) is 71.6 cm³/mol. The average molecular weight is 261 g/mol. The smallest absolute Gasteiger partial charge is 0.240 e. The molecule has 3 fully saturated rings. The van der Waals surface area contributed by atoms with E-state index in [2.05, 4.69) is 15.5 Å². The van der Waals surface area contributed by atoms with E-state index >= 15 is 0 Å². The Kier molecular flexibility index (Phi) is 3.06. The molecule has 3 saturated carbocycles. The number of rotatable bonds is 4. The van der Waals surface area contributed by atoms with Crippen LogP contribution in [-0.4, -0.2) is 16.2 Å². The highest BCUT2D eigenvalue weighted by Crippen LogP contribution is 2.52. The molecule has 4 heteroatoms. The van der Waals surface area contributed by atoms with Crippen LogP contribution in [0.1, 0.15) is 69.0 Å². The van der Waals surface area contributed by atoms with Crippen molar-refractivity contribution in [2.75, 3.05) is 0 Å². The Morgan fingerprint density at radius 1 is 1.11 bits per heavy atom. The lowest BCUT2D eigenvalue weighted by atomic mass is 9.88. The number of nitrogens with zero attached hydrogens (tertiary/aromatic N) is 2. The fourth-order valence-electron chi connectivity index (χ4n) is 4.41. The maximum atomic E-state index is 5.42. The van der Waals surface area contributed by atoms with Crippen molar-refractivity contribution in [1.29, 1.82) is 0 Å². The molecule has 1 aromatic rings. The monoisotopic (exact) mass is 261 g/mol. The highest BCUT2D eigenvalue weighted by Gasteiger charge is 2.42. The molecule has 0 aliphatic heterocycles. The number of fused-ring (bicyclic) bond motifs is 2. The van der Waals surface area contributed by atoms with Gasteiger partial charge in [-0.2, -0.15) is 4.98 Å². The molecule has 3 atom stereocenters. The van der Waals surface area contributed by atoms with Gasteiger partial charge in [0.15, 0.2) is 5.82 Å². The van der Waals surface area contributed by atoms with Gasteiger partial charge in [0.05, 0.1) is 6.54 Å². The first kappa shape index (κ1) is 11.9.